The summed E-state index contributed by atoms with van der Waals surface area (Å²) in [5.74, 6) is 1.25. The van der Waals surface area contributed by atoms with E-state index in [0.717, 1.165) is 10.9 Å². The van der Waals surface area contributed by atoms with Crippen LogP contribution in [0.3, 0.4) is 0 Å². The number of primary amides is 1. The minimum absolute atomic E-state index is 0.303. The highest BCUT2D eigenvalue weighted by molar-refractivity contribution is 8.13. The molecule has 3 N–H and O–H groups in total. The average molecular weight is 229 g/mol. The molecule has 1 rings (SSSR count). The Morgan fingerprint density at radius 2 is 2.20 bits per heavy atom. The standard InChI is InChI=1S/C10H19N3OS/c1-6-5-15-9(12-7(6)2)13-10(3,4)8(11)14/h6-7H,5H2,1-4H3,(H2,11,14)(H,12,13). The van der Waals surface area contributed by atoms with Crippen LogP contribution in [0.25, 0.3) is 0 Å². The van der Waals surface area contributed by atoms with Crippen LogP contribution in [-0.2, 0) is 4.79 Å². The molecule has 15 heavy (non-hydrogen) atoms. The zero-order valence-corrected chi connectivity index (χ0v) is 10.5. The third-order valence-corrected chi connectivity index (χ3v) is 3.84. The molecule has 1 heterocycles. The molecule has 0 saturated carbocycles. The van der Waals surface area contributed by atoms with Crippen LogP contribution in [0, 0.1) is 5.92 Å². The fourth-order valence-corrected chi connectivity index (χ4v) is 2.36. The SMILES string of the molecule is CC1CSC(NC(C)(C)C(N)=O)=NC1C. The second kappa shape index (κ2) is 4.43. The molecular formula is C10H19N3OS. The van der Waals surface area contributed by atoms with Crippen molar-refractivity contribution in [2.24, 2.45) is 16.6 Å². The van der Waals surface area contributed by atoms with Crippen molar-refractivity contribution in [1.82, 2.24) is 5.32 Å². The third-order valence-electron chi connectivity index (χ3n) is 2.66. The number of hydrogen-bond acceptors (Lipinski definition) is 4. The van der Waals surface area contributed by atoms with Crippen LogP contribution in [0.5, 0.6) is 0 Å². The summed E-state index contributed by atoms with van der Waals surface area (Å²) in [7, 11) is 0. The van der Waals surface area contributed by atoms with E-state index in [1.54, 1.807) is 25.6 Å². The predicted molar refractivity (Wildman–Crippen MR) is 64.9 cm³/mol. The minimum atomic E-state index is -0.730. The molecule has 0 spiro atoms. The van der Waals surface area contributed by atoms with Gasteiger partial charge in [0.25, 0.3) is 0 Å². The van der Waals surface area contributed by atoms with Crippen molar-refractivity contribution in [3.05, 3.63) is 0 Å². The largest absolute Gasteiger partial charge is 0.368 e. The Balaban J connectivity index is 2.67. The summed E-state index contributed by atoms with van der Waals surface area (Å²) < 4.78 is 0. The molecule has 0 aromatic rings. The summed E-state index contributed by atoms with van der Waals surface area (Å²) in [6.07, 6.45) is 0. The molecule has 1 aliphatic rings. The summed E-state index contributed by atoms with van der Waals surface area (Å²) in [5, 5.41) is 3.91. The molecule has 0 fully saturated rings. The third kappa shape index (κ3) is 3.12. The Labute approximate surface area is 95.1 Å². The van der Waals surface area contributed by atoms with Gasteiger partial charge >= 0.3 is 0 Å². The maximum absolute atomic E-state index is 11.1. The Morgan fingerprint density at radius 3 is 2.67 bits per heavy atom. The lowest BCUT2D eigenvalue weighted by Crippen LogP contribution is -2.53. The lowest BCUT2D eigenvalue weighted by molar-refractivity contribution is -0.122. The molecule has 0 bridgehead atoms. The molecule has 0 aliphatic carbocycles. The van der Waals surface area contributed by atoms with Crippen LogP contribution in [-0.4, -0.2) is 28.4 Å². The predicted octanol–water partition coefficient (Wildman–Crippen LogP) is 0.967. The smallest absolute Gasteiger partial charge is 0.242 e. The fraction of sp³-hybridized carbons (Fsp3) is 0.800. The van der Waals surface area contributed by atoms with Crippen LogP contribution in [0.1, 0.15) is 27.7 Å². The highest BCUT2D eigenvalue weighted by Crippen LogP contribution is 2.22. The molecular weight excluding hydrogens is 210 g/mol. The molecule has 5 heteroatoms. The molecule has 0 saturated heterocycles. The number of nitrogens with zero attached hydrogens (tertiary/aromatic N) is 1. The molecule has 4 nitrogen and oxygen atoms in total. The molecule has 0 radical (unpaired) electrons. The van der Waals surface area contributed by atoms with E-state index in [0.29, 0.717) is 12.0 Å². The first-order valence-corrected chi connectivity index (χ1v) is 6.10. The number of amides is 1. The van der Waals surface area contributed by atoms with Gasteiger partial charge in [-0.25, -0.2) is 0 Å². The van der Waals surface area contributed by atoms with E-state index >= 15 is 0 Å². The Hall–Kier alpha value is -0.710. The second-order valence-electron chi connectivity index (χ2n) is 4.58. The average Bonchev–Trinajstić information content (AvgIpc) is 2.10. The number of carbonyl (C=O) groups is 1. The van der Waals surface area contributed by atoms with Gasteiger partial charge in [0, 0.05) is 5.75 Å². The van der Waals surface area contributed by atoms with Crippen LogP contribution in [0.2, 0.25) is 0 Å². The number of aliphatic imine (C=N–C) groups is 1. The quantitative estimate of drug-likeness (QED) is 0.741. The van der Waals surface area contributed by atoms with Gasteiger partial charge < -0.3 is 11.1 Å². The summed E-state index contributed by atoms with van der Waals surface area (Å²) in [4.78, 5) is 15.6. The van der Waals surface area contributed by atoms with Gasteiger partial charge in [-0.1, -0.05) is 18.7 Å². The summed E-state index contributed by atoms with van der Waals surface area (Å²) in [6, 6.07) is 0.303. The lowest BCUT2D eigenvalue weighted by Gasteiger charge is -2.29. The molecule has 0 aromatic heterocycles. The fourth-order valence-electron chi connectivity index (χ4n) is 1.10. The van der Waals surface area contributed by atoms with Gasteiger partial charge in [-0.3, -0.25) is 9.79 Å². The van der Waals surface area contributed by atoms with E-state index in [9.17, 15) is 4.79 Å². The van der Waals surface area contributed by atoms with Crippen molar-refractivity contribution in [3.8, 4) is 0 Å². The van der Waals surface area contributed by atoms with Gasteiger partial charge in [0.05, 0.1) is 6.04 Å². The summed E-state index contributed by atoms with van der Waals surface area (Å²) in [6.45, 7) is 7.79. The number of rotatable bonds is 2. The summed E-state index contributed by atoms with van der Waals surface area (Å²) in [5.41, 5.74) is 4.55. The van der Waals surface area contributed by atoms with Crippen molar-refractivity contribution < 1.29 is 4.79 Å². The van der Waals surface area contributed by atoms with Crippen molar-refractivity contribution >= 4 is 22.8 Å². The summed E-state index contributed by atoms with van der Waals surface area (Å²) >= 11 is 1.65. The van der Waals surface area contributed by atoms with Gasteiger partial charge in [-0.05, 0) is 26.7 Å². The first-order valence-electron chi connectivity index (χ1n) is 5.11. The Morgan fingerprint density at radius 1 is 1.60 bits per heavy atom. The first-order chi connectivity index (χ1) is 6.83. The highest BCUT2D eigenvalue weighted by Gasteiger charge is 2.28. The van der Waals surface area contributed by atoms with Gasteiger partial charge in [-0.15, -0.1) is 0 Å². The van der Waals surface area contributed by atoms with E-state index < -0.39 is 5.54 Å². The minimum Gasteiger partial charge on any atom is -0.368 e. The Kier molecular flexibility index (Phi) is 3.65. The normalized spacial score (nSPS) is 27.1. The van der Waals surface area contributed by atoms with Crippen LogP contribution < -0.4 is 11.1 Å². The van der Waals surface area contributed by atoms with Gasteiger partial charge in [0.1, 0.15) is 5.54 Å². The van der Waals surface area contributed by atoms with Gasteiger partial charge in [0.2, 0.25) is 5.91 Å². The maximum Gasteiger partial charge on any atom is 0.242 e. The molecule has 2 unspecified atom stereocenters. The van der Waals surface area contributed by atoms with Crippen molar-refractivity contribution in [3.63, 3.8) is 0 Å². The maximum atomic E-state index is 11.1. The highest BCUT2D eigenvalue weighted by atomic mass is 32.2. The molecule has 2 atom stereocenters. The zero-order valence-electron chi connectivity index (χ0n) is 9.70. The van der Waals surface area contributed by atoms with E-state index in [4.69, 9.17) is 5.73 Å². The number of nitrogens with two attached hydrogens (primary N) is 1. The van der Waals surface area contributed by atoms with E-state index in [-0.39, 0.29) is 5.91 Å². The topological polar surface area (TPSA) is 67.5 Å². The van der Waals surface area contributed by atoms with Crippen LogP contribution >= 0.6 is 11.8 Å². The van der Waals surface area contributed by atoms with Crippen LogP contribution in [0.4, 0.5) is 0 Å². The van der Waals surface area contributed by atoms with Crippen molar-refractivity contribution in [1.29, 1.82) is 0 Å². The molecule has 1 aliphatic heterocycles. The van der Waals surface area contributed by atoms with E-state index in [2.05, 4.69) is 24.2 Å². The number of carbonyl (C=O) groups excluding carboxylic acids is 1. The first kappa shape index (κ1) is 12.4. The van der Waals surface area contributed by atoms with E-state index in [1.807, 2.05) is 0 Å². The Bertz CT molecular complexity index is 288. The number of amidine groups is 1. The van der Waals surface area contributed by atoms with Crippen molar-refractivity contribution in [2.45, 2.75) is 39.3 Å². The van der Waals surface area contributed by atoms with E-state index in [1.165, 1.54) is 0 Å². The second-order valence-corrected chi connectivity index (χ2v) is 5.59. The van der Waals surface area contributed by atoms with Gasteiger partial charge in [-0.2, -0.15) is 0 Å². The number of thioether (sulfide) groups is 1. The lowest BCUT2D eigenvalue weighted by atomic mass is 10.1. The monoisotopic (exact) mass is 229 g/mol. The number of hydrogen-bond donors (Lipinski definition) is 2. The van der Waals surface area contributed by atoms with Crippen molar-refractivity contribution in [2.75, 3.05) is 5.75 Å². The molecule has 0 aromatic carbocycles. The van der Waals surface area contributed by atoms with Crippen LogP contribution in [0.15, 0.2) is 4.99 Å². The molecule has 86 valence electrons. The molecule has 1 amide bonds. The number of nitrogens with one attached hydrogen (secondary N) is 1. The zero-order chi connectivity index (χ0) is 11.6. The van der Waals surface area contributed by atoms with Gasteiger partial charge in [0.15, 0.2) is 5.17 Å².